The van der Waals surface area contributed by atoms with Crippen LogP contribution in [0.1, 0.15) is 83.6 Å². The molecule has 2 aliphatic carbocycles. The number of carbonyl (C=O) groups excluding carboxylic acids is 2. The van der Waals surface area contributed by atoms with Crippen molar-refractivity contribution in [2.24, 2.45) is 17.6 Å². The van der Waals surface area contributed by atoms with Crippen LogP contribution in [0.3, 0.4) is 0 Å². The van der Waals surface area contributed by atoms with Gasteiger partial charge in [-0.15, -0.1) is 11.3 Å². The molecule has 2 heterocycles. The number of amides is 2. The lowest BCUT2D eigenvalue weighted by Gasteiger charge is -2.32. The number of H-pyrrole nitrogens is 1. The number of aromatic nitrogens is 3. The highest BCUT2D eigenvalue weighted by atomic mass is 32.1. The molecule has 1 aromatic carbocycles. The lowest BCUT2D eigenvalue weighted by Crippen LogP contribution is -2.50. The van der Waals surface area contributed by atoms with Crippen LogP contribution >= 0.6 is 11.3 Å². The molecule has 3 atom stereocenters. The molecule has 0 bridgehead atoms. The molecule has 0 spiro atoms. The number of aliphatic hydroxyl groups excluding tert-OH is 2. The van der Waals surface area contributed by atoms with Gasteiger partial charge in [0.1, 0.15) is 6.10 Å². The van der Waals surface area contributed by atoms with Gasteiger partial charge in [-0.25, -0.2) is 9.97 Å². The minimum atomic E-state index is -1.03. The molecule has 2 amide bonds. The van der Waals surface area contributed by atoms with Gasteiger partial charge >= 0.3 is 0 Å². The van der Waals surface area contributed by atoms with Gasteiger partial charge in [0.15, 0.2) is 5.82 Å². The van der Waals surface area contributed by atoms with Gasteiger partial charge in [-0.2, -0.15) is 0 Å². The van der Waals surface area contributed by atoms with Crippen molar-refractivity contribution in [2.75, 3.05) is 0 Å². The summed E-state index contributed by atoms with van der Waals surface area (Å²) in [5.74, 6) is -0.377. The van der Waals surface area contributed by atoms with Crippen LogP contribution < -0.4 is 11.1 Å². The Kier molecular flexibility index (Phi) is 7.87. The van der Waals surface area contributed by atoms with E-state index in [4.69, 9.17) is 5.73 Å². The number of imidazole rings is 1. The maximum absolute atomic E-state index is 13.4. The van der Waals surface area contributed by atoms with Crippen molar-refractivity contribution < 1.29 is 19.8 Å². The Bertz CT molecular complexity index is 1230. The zero-order valence-electron chi connectivity index (χ0n) is 20.9. The SMILES string of the molecule is NC(=O)c1ccc2[nH]c(C(=O)N[C@@H](CC3CCCCC3)[C@@H](O)[C@@H](O)C3CC3)nc2c1CCc1cscn1. The number of carbonyl (C=O) groups is 2. The van der Waals surface area contributed by atoms with Gasteiger partial charge < -0.3 is 26.2 Å². The van der Waals surface area contributed by atoms with Crippen molar-refractivity contribution in [3.05, 3.63) is 45.7 Å². The van der Waals surface area contributed by atoms with Gasteiger partial charge in [0.05, 0.1) is 34.4 Å². The predicted octanol–water partition coefficient (Wildman–Crippen LogP) is 3.10. The molecule has 198 valence electrons. The molecule has 3 aromatic rings. The molecular formula is C27H35N5O4S. The molecule has 6 N–H and O–H groups in total. The topological polar surface area (TPSA) is 154 Å². The van der Waals surface area contributed by atoms with E-state index in [1.54, 1.807) is 17.6 Å². The van der Waals surface area contributed by atoms with E-state index in [-0.39, 0.29) is 11.7 Å². The number of primary amides is 1. The molecule has 2 aliphatic rings. The normalized spacial score (nSPS) is 19.0. The fourth-order valence-corrected chi connectivity index (χ4v) is 6.19. The Morgan fingerprint density at radius 1 is 1.14 bits per heavy atom. The standard InChI is InChI=1S/C27H35N5O4S/c28-25(35)19-10-11-20-22(18(19)9-8-17-13-37-14-29-17)32-26(30-20)27(36)31-21(12-15-4-2-1-3-5-15)24(34)23(33)16-6-7-16/h10-11,13-16,21,23-24,33-34H,1-9,12H2,(H2,28,35)(H,30,32)(H,31,36)/t21-,23-,24+/m0/s1. The first-order chi connectivity index (χ1) is 17.9. The quantitative estimate of drug-likeness (QED) is 0.259. The average molecular weight is 526 g/mol. The summed E-state index contributed by atoms with van der Waals surface area (Å²) >= 11 is 1.51. The van der Waals surface area contributed by atoms with Gasteiger partial charge in [0, 0.05) is 10.9 Å². The molecular weight excluding hydrogens is 490 g/mol. The third-order valence-electron chi connectivity index (χ3n) is 7.85. The summed E-state index contributed by atoms with van der Waals surface area (Å²) < 4.78 is 0. The van der Waals surface area contributed by atoms with Crippen molar-refractivity contribution in [3.8, 4) is 0 Å². The van der Waals surface area contributed by atoms with Crippen LogP contribution in [-0.4, -0.2) is 55.2 Å². The molecule has 2 saturated carbocycles. The van der Waals surface area contributed by atoms with Crippen LogP contribution in [-0.2, 0) is 12.8 Å². The van der Waals surface area contributed by atoms with E-state index in [1.165, 1.54) is 17.8 Å². The third-order valence-corrected chi connectivity index (χ3v) is 8.49. The van der Waals surface area contributed by atoms with Crippen LogP contribution in [0.25, 0.3) is 11.0 Å². The lowest BCUT2D eigenvalue weighted by molar-refractivity contribution is -0.0203. The summed E-state index contributed by atoms with van der Waals surface area (Å²) in [6.07, 6.45) is 7.34. The zero-order chi connectivity index (χ0) is 25.9. The number of thiazole rings is 1. The van der Waals surface area contributed by atoms with Gasteiger partial charge in [-0.05, 0) is 61.6 Å². The van der Waals surface area contributed by atoms with Crippen LogP contribution in [0.4, 0.5) is 0 Å². The third kappa shape index (κ3) is 6.02. The summed E-state index contributed by atoms with van der Waals surface area (Å²) in [5, 5.41) is 26.6. The predicted molar refractivity (Wildman–Crippen MR) is 141 cm³/mol. The Balaban J connectivity index is 1.38. The van der Waals surface area contributed by atoms with Crippen molar-refractivity contribution in [1.82, 2.24) is 20.3 Å². The van der Waals surface area contributed by atoms with E-state index in [2.05, 4.69) is 20.3 Å². The summed E-state index contributed by atoms with van der Waals surface area (Å²) in [4.78, 5) is 37.5. The smallest absolute Gasteiger partial charge is 0.287 e. The highest BCUT2D eigenvalue weighted by molar-refractivity contribution is 7.07. The Labute approximate surface area is 219 Å². The summed E-state index contributed by atoms with van der Waals surface area (Å²) in [6.45, 7) is 0. The summed E-state index contributed by atoms with van der Waals surface area (Å²) in [5.41, 5.74) is 10.5. The zero-order valence-corrected chi connectivity index (χ0v) is 21.7. The molecule has 0 saturated heterocycles. The molecule has 10 heteroatoms. The van der Waals surface area contributed by atoms with Gasteiger partial charge in [-0.3, -0.25) is 9.59 Å². The number of hydrogen-bond acceptors (Lipinski definition) is 7. The van der Waals surface area contributed by atoms with Crippen LogP contribution in [0.15, 0.2) is 23.0 Å². The van der Waals surface area contributed by atoms with E-state index in [1.807, 2.05) is 5.38 Å². The number of rotatable bonds is 11. The minimum Gasteiger partial charge on any atom is -0.390 e. The molecule has 2 aromatic heterocycles. The van der Waals surface area contributed by atoms with Crippen molar-refractivity contribution >= 4 is 34.2 Å². The van der Waals surface area contributed by atoms with Crippen LogP contribution in [0.5, 0.6) is 0 Å². The molecule has 0 aliphatic heterocycles. The van der Waals surface area contributed by atoms with Crippen molar-refractivity contribution in [3.63, 3.8) is 0 Å². The molecule has 9 nitrogen and oxygen atoms in total. The van der Waals surface area contributed by atoms with Crippen molar-refractivity contribution in [2.45, 2.75) is 82.5 Å². The molecule has 0 radical (unpaired) electrons. The van der Waals surface area contributed by atoms with E-state index in [9.17, 15) is 19.8 Å². The van der Waals surface area contributed by atoms with Gasteiger partial charge in [-0.1, -0.05) is 32.1 Å². The van der Waals surface area contributed by atoms with Gasteiger partial charge in [0.25, 0.3) is 5.91 Å². The summed E-state index contributed by atoms with van der Waals surface area (Å²) in [6, 6.07) is 2.80. The Morgan fingerprint density at radius 3 is 2.59 bits per heavy atom. The number of fused-ring (bicyclic) bond motifs is 1. The second kappa shape index (κ2) is 11.3. The number of hydrogen-bond donors (Lipinski definition) is 5. The Morgan fingerprint density at radius 2 is 1.92 bits per heavy atom. The largest absolute Gasteiger partial charge is 0.390 e. The van der Waals surface area contributed by atoms with Crippen molar-refractivity contribution in [1.29, 1.82) is 0 Å². The van der Waals surface area contributed by atoms with E-state index < -0.39 is 30.1 Å². The maximum Gasteiger partial charge on any atom is 0.287 e. The number of aryl methyl sites for hydroxylation is 2. The van der Waals surface area contributed by atoms with E-state index in [0.29, 0.717) is 47.3 Å². The monoisotopic (exact) mass is 525 g/mol. The van der Waals surface area contributed by atoms with E-state index in [0.717, 1.165) is 44.2 Å². The second-order valence-electron chi connectivity index (χ2n) is 10.6. The molecule has 2 fully saturated rings. The molecule has 37 heavy (non-hydrogen) atoms. The lowest BCUT2D eigenvalue weighted by atomic mass is 9.82. The van der Waals surface area contributed by atoms with Crippen LogP contribution in [0, 0.1) is 11.8 Å². The second-order valence-corrected chi connectivity index (χ2v) is 11.3. The first-order valence-corrected chi connectivity index (χ1v) is 14.2. The number of nitrogens with two attached hydrogens (primary N) is 1. The summed E-state index contributed by atoms with van der Waals surface area (Å²) in [7, 11) is 0. The first-order valence-electron chi connectivity index (χ1n) is 13.3. The first kappa shape index (κ1) is 25.8. The van der Waals surface area contributed by atoms with E-state index >= 15 is 0 Å². The molecule has 5 rings (SSSR count). The highest BCUT2D eigenvalue weighted by Crippen LogP contribution is 2.36. The van der Waals surface area contributed by atoms with Crippen LogP contribution in [0.2, 0.25) is 0 Å². The number of nitrogens with zero attached hydrogens (tertiary/aromatic N) is 2. The highest BCUT2D eigenvalue weighted by Gasteiger charge is 2.39. The number of benzene rings is 1. The number of nitrogens with one attached hydrogen (secondary N) is 2. The number of aliphatic hydroxyl groups is 2. The Hall–Kier alpha value is -2.82. The molecule has 0 unspecified atom stereocenters. The fraction of sp³-hybridized carbons (Fsp3) is 0.556. The number of aromatic amines is 1. The minimum absolute atomic E-state index is 0.0967. The van der Waals surface area contributed by atoms with Gasteiger partial charge in [0.2, 0.25) is 5.91 Å². The average Bonchev–Trinajstić information content (AvgIpc) is 3.43. The maximum atomic E-state index is 13.4. The fourth-order valence-electron chi connectivity index (χ4n) is 5.59.